The van der Waals surface area contributed by atoms with E-state index in [1.807, 2.05) is 0 Å². The molecular weight excluding hydrogens is 266 g/mol. The normalized spacial score (nSPS) is 17.7. The lowest BCUT2D eigenvalue weighted by Gasteiger charge is -2.23. The molecule has 1 fully saturated rings. The lowest BCUT2D eigenvalue weighted by Crippen LogP contribution is -2.31. The Kier molecular flexibility index (Phi) is 13.2. The van der Waals surface area contributed by atoms with Gasteiger partial charge in [-0.05, 0) is 38.1 Å². The van der Waals surface area contributed by atoms with Crippen molar-refractivity contribution >= 4 is 0 Å². The molecule has 0 aromatic rings. The predicted octanol–water partition coefficient (Wildman–Crippen LogP) is 6.86. The van der Waals surface area contributed by atoms with Crippen molar-refractivity contribution in [3.63, 3.8) is 0 Å². The lowest BCUT2D eigenvalue weighted by molar-refractivity contribution is 0.345. The average Bonchev–Trinajstić information content (AvgIpc) is 2.56. The van der Waals surface area contributed by atoms with E-state index in [4.69, 9.17) is 0 Å². The van der Waals surface area contributed by atoms with Crippen LogP contribution in [0.2, 0.25) is 0 Å². The average molecular weight is 310 g/mol. The molecule has 0 bridgehead atoms. The first-order valence-corrected chi connectivity index (χ1v) is 10.6. The Labute approximate surface area is 141 Å². The van der Waals surface area contributed by atoms with E-state index in [-0.39, 0.29) is 0 Å². The van der Waals surface area contributed by atoms with Crippen LogP contribution >= 0.6 is 0 Å². The molecule has 1 aliphatic carbocycles. The second-order valence-corrected chi connectivity index (χ2v) is 7.64. The molecule has 0 radical (unpaired) electrons. The van der Waals surface area contributed by atoms with E-state index < -0.39 is 0 Å². The molecule has 132 valence electrons. The maximum absolute atomic E-state index is 3.82. The van der Waals surface area contributed by atoms with Crippen molar-refractivity contribution in [2.75, 3.05) is 6.54 Å². The third kappa shape index (κ3) is 10.6. The third-order valence-electron chi connectivity index (χ3n) is 5.51. The quantitative estimate of drug-likeness (QED) is 0.346. The highest BCUT2D eigenvalue weighted by molar-refractivity contribution is 4.72. The van der Waals surface area contributed by atoms with Gasteiger partial charge >= 0.3 is 0 Å². The Hall–Kier alpha value is -0.0400. The number of nitrogens with one attached hydrogen (secondary N) is 1. The smallest absolute Gasteiger partial charge is 0.00670 e. The molecule has 1 aliphatic rings. The molecule has 0 aromatic heterocycles. The van der Waals surface area contributed by atoms with Crippen LogP contribution in [0.5, 0.6) is 0 Å². The van der Waals surface area contributed by atoms with E-state index in [2.05, 4.69) is 19.2 Å². The minimum Gasteiger partial charge on any atom is -0.314 e. The van der Waals surface area contributed by atoms with Gasteiger partial charge < -0.3 is 5.32 Å². The van der Waals surface area contributed by atoms with Crippen LogP contribution < -0.4 is 5.32 Å². The van der Waals surface area contributed by atoms with Crippen LogP contribution in [-0.4, -0.2) is 12.6 Å². The fraction of sp³-hybridized carbons (Fsp3) is 1.00. The standard InChI is InChI=1S/C21H43N/c1-3-5-7-8-10-15-20(14-6-4-2)16-13-19-22-21-17-11-9-12-18-21/h20-22H,3-19H2,1-2H3. The van der Waals surface area contributed by atoms with Gasteiger partial charge in [0.15, 0.2) is 0 Å². The molecule has 1 heteroatoms. The molecule has 0 amide bonds. The van der Waals surface area contributed by atoms with Crippen LogP contribution in [0.15, 0.2) is 0 Å². The fourth-order valence-electron chi connectivity index (χ4n) is 3.97. The Morgan fingerprint density at radius 1 is 0.727 bits per heavy atom. The van der Waals surface area contributed by atoms with Crippen molar-refractivity contribution in [2.24, 2.45) is 5.92 Å². The summed E-state index contributed by atoms with van der Waals surface area (Å²) in [5, 5.41) is 3.82. The molecule has 0 aromatic carbocycles. The van der Waals surface area contributed by atoms with Gasteiger partial charge in [-0.2, -0.15) is 0 Å². The molecular formula is C21H43N. The molecule has 1 nitrogen and oxygen atoms in total. The number of unbranched alkanes of at least 4 members (excludes halogenated alkanes) is 5. The maximum atomic E-state index is 3.82. The first kappa shape index (κ1) is 20.0. The van der Waals surface area contributed by atoms with Crippen molar-refractivity contribution in [1.82, 2.24) is 5.32 Å². The molecule has 1 N–H and O–H groups in total. The predicted molar refractivity (Wildman–Crippen MR) is 101 cm³/mol. The Bertz CT molecular complexity index is 220. The van der Waals surface area contributed by atoms with Gasteiger partial charge in [0, 0.05) is 6.04 Å². The summed E-state index contributed by atoms with van der Waals surface area (Å²) in [7, 11) is 0. The van der Waals surface area contributed by atoms with Crippen LogP contribution in [0.1, 0.15) is 117 Å². The second kappa shape index (κ2) is 14.5. The summed E-state index contributed by atoms with van der Waals surface area (Å²) in [6, 6.07) is 0.844. The van der Waals surface area contributed by atoms with Gasteiger partial charge in [0.2, 0.25) is 0 Å². The fourth-order valence-corrected chi connectivity index (χ4v) is 3.97. The van der Waals surface area contributed by atoms with E-state index in [0.717, 1.165) is 12.0 Å². The summed E-state index contributed by atoms with van der Waals surface area (Å²) in [6.45, 7) is 5.91. The highest BCUT2D eigenvalue weighted by Gasteiger charge is 2.13. The zero-order valence-corrected chi connectivity index (χ0v) is 15.7. The summed E-state index contributed by atoms with van der Waals surface area (Å²) in [5.74, 6) is 1.01. The molecule has 0 heterocycles. The summed E-state index contributed by atoms with van der Waals surface area (Å²) in [4.78, 5) is 0. The lowest BCUT2D eigenvalue weighted by atomic mass is 9.90. The number of rotatable bonds is 14. The van der Waals surface area contributed by atoms with E-state index in [1.54, 1.807) is 0 Å². The zero-order chi connectivity index (χ0) is 15.9. The molecule has 1 saturated carbocycles. The highest BCUT2D eigenvalue weighted by atomic mass is 14.9. The van der Waals surface area contributed by atoms with Crippen molar-refractivity contribution in [1.29, 1.82) is 0 Å². The maximum Gasteiger partial charge on any atom is 0.00670 e. The van der Waals surface area contributed by atoms with Crippen LogP contribution in [0.3, 0.4) is 0 Å². The first-order chi connectivity index (χ1) is 10.9. The minimum atomic E-state index is 0.844. The number of hydrogen-bond donors (Lipinski definition) is 1. The topological polar surface area (TPSA) is 12.0 Å². The highest BCUT2D eigenvalue weighted by Crippen LogP contribution is 2.22. The van der Waals surface area contributed by atoms with Crippen LogP contribution in [0.25, 0.3) is 0 Å². The SMILES string of the molecule is CCCCCCCC(CCCC)CCCNC1CCCCC1. The van der Waals surface area contributed by atoms with Crippen molar-refractivity contribution < 1.29 is 0 Å². The van der Waals surface area contributed by atoms with Gasteiger partial charge in [0.1, 0.15) is 0 Å². The van der Waals surface area contributed by atoms with Crippen LogP contribution in [0.4, 0.5) is 0 Å². The Morgan fingerprint density at radius 2 is 1.36 bits per heavy atom. The summed E-state index contributed by atoms with van der Waals surface area (Å²) in [6.07, 6.45) is 23.1. The van der Waals surface area contributed by atoms with Gasteiger partial charge in [0.25, 0.3) is 0 Å². The second-order valence-electron chi connectivity index (χ2n) is 7.64. The largest absolute Gasteiger partial charge is 0.314 e. The minimum absolute atomic E-state index is 0.844. The summed E-state index contributed by atoms with van der Waals surface area (Å²) < 4.78 is 0. The molecule has 0 aliphatic heterocycles. The summed E-state index contributed by atoms with van der Waals surface area (Å²) in [5.41, 5.74) is 0. The van der Waals surface area contributed by atoms with E-state index in [0.29, 0.717) is 0 Å². The van der Waals surface area contributed by atoms with E-state index in [1.165, 1.54) is 109 Å². The molecule has 0 saturated heterocycles. The van der Waals surface area contributed by atoms with Gasteiger partial charge in [-0.3, -0.25) is 0 Å². The Balaban J connectivity index is 2.05. The summed E-state index contributed by atoms with van der Waals surface area (Å²) >= 11 is 0. The molecule has 1 atom stereocenters. The zero-order valence-electron chi connectivity index (χ0n) is 15.7. The van der Waals surface area contributed by atoms with Gasteiger partial charge in [-0.15, -0.1) is 0 Å². The van der Waals surface area contributed by atoms with Crippen LogP contribution in [0, 0.1) is 5.92 Å². The van der Waals surface area contributed by atoms with Gasteiger partial charge in [-0.25, -0.2) is 0 Å². The van der Waals surface area contributed by atoms with E-state index >= 15 is 0 Å². The molecule has 0 spiro atoms. The Morgan fingerprint density at radius 3 is 2.09 bits per heavy atom. The van der Waals surface area contributed by atoms with E-state index in [9.17, 15) is 0 Å². The van der Waals surface area contributed by atoms with Crippen molar-refractivity contribution in [3.05, 3.63) is 0 Å². The first-order valence-electron chi connectivity index (χ1n) is 10.6. The molecule has 22 heavy (non-hydrogen) atoms. The van der Waals surface area contributed by atoms with Crippen molar-refractivity contribution in [2.45, 2.75) is 123 Å². The molecule has 1 rings (SSSR count). The molecule has 1 unspecified atom stereocenters. The van der Waals surface area contributed by atoms with Crippen LogP contribution in [-0.2, 0) is 0 Å². The monoisotopic (exact) mass is 309 g/mol. The van der Waals surface area contributed by atoms with Crippen molar-refractivity contribution in [3.8, 4) is 0 Å². The third-order valence-corrected chi connectivity index (χ3v) is 5.51. The number of hydrogen-bond acceptors (Lipinski definition) is 1. The van der Waals surface area contributed by atoms with Gasteiger partial charge in [0.05, 0.1) is 0 Å². The van der Waals surface area contributed by atoms with Gasteiger partial charge in [-0.1, -0.05) is 90.9 Å².